The van der Waals surface area contributed by atoms with Gasteiger partial charge in [0.05, 0.1) is 5.69 Å². The number of halogens is 1. The molecule has 2 aromatic heterocycles. The summed E-state index contributed by atoms with van der Waals surface area (Å²) < 4.78 is 35.1. The van der Waals surface area contributed by atoms with Crippen LogP contribution in [0.25, 0.3) is 11.1 Å². The first-order valence-electron chi connectivity index (χ1n) is 10.1. The monoisotopic (exact) mass is 530 g/mol. The van der Waals surface area contributed by atoms with E-state index in [0.717, 1.165) is 35.1 Å². The fourth-order valence-corrected chi connectivity index (χ4v) is 6.40. The van der Waals surface area contributed by atoms with Crippen LogP contribution < -0.4 is 4.72 Å². The van der Waals surface area contributed by atoms with Gasteiger partial charge in [-0.2, -0.15) is 0 Å². The lowest BCUT2D eigenvalue weighted by Gasteiger charge is -2.10. The molecule has 0 aliphatic heterocycles. The van der Waals surface area contributed by atoms with Gasteiger partial charge in [-0.25, -0.2) is 13.1 Å². The molecule has 8 heteroatoms. The Morgan fingerprint density at radius 3 is 2.19 bits per heavy atom. The third-order valence-corrected chi connectivity index (χ3v) is 9.09. The van der Waals surface area contributed by atoms with Crippen LogP contribution in [0, 0.1) is 20.8 Å². The largest absolute Gasteiger partial charge is 0.336 e. The van der Waals surface area contributed by atoms with E-state index in [9.17, 15) is 8.42 Å². The molecule has 4 aromatic rings. The Kier molecular flexibility index (Phi) is 6.55. The summed E-state index contributed by atoms with van der Waals surface area (Å²) in [4.78, 5) is 0. The van der Waals surface area contributed by atoms with Crippen molar-refractivity contribution in [2.45, 2.75) is 37.8 Å². The van der Waals surface area contributed by atoms with Crippen LogP contribution >= 0.6 is 27.3 Å². The van der Waals surface area contributed by atoms with Gasteiger partial charge in [-0.1, -0.05) is 64.8 Å². The number of anilines is 1. The number of nitrogens with one attached hydrogen (secondary N) is 1. The van der Waals surface area contributed by atoms with Gasteiger partial charge in [0.15, 0.2) is 0 Å². The lowest BCUT2D eigenvalue weighted by atomic mass is 9.98. The van der Waals surface area contributed by atoms with E-state index in [1.165, 1.54) is 22.5 Å². The standard InChI is InChI=1S/C24H23BrN2O3S2/c1-15-4-8-18(9-5-15)10-13-20-14-31-24(21(20)19-11-6-16(2)7-12-19)32(28,29)27-23-22(25)17(3)26-30-23/h4-9,11-12,14,27H,10,13H2,1-3H3. The number of nitrogens with zero attached hydrogens (tertiary/aromatic N) is 1. The Balaban J connectivity index is 1.72. The van der Waals surface area contributed by atoms with Crippen molar-refractivity contribution < 1.29 is 12.9 Å². The van der Waals surface area contributed by atoms with Crippen LogP contribution in [0.5, 0.6) is 0 Å². The van der Waals surface area contributed by atoms with Crippen molar-refractivity contribution in [3.63, 3.8) is 0 Å². The molecule has 0 aliphatic rings. The first kappa shape index (κ1) is 22.8. The topological polar surface area (TPSA) is 72.2 Å². The zero-order valence-corrected chi connectivity index (χ0v) is 21.2. The number of aromatic nitrogens is 1. The molecule has 0 unspecified atom stereocenters. The number of sulfonamides is 1. The molecule has 0 spiro atoms. The quantitative estimate of drug-likeness (QED) is 0.289. The molecule has 0 amide bonds. The van der Waals surface area contributed by atoms with Gasteiger partial charge in [0.2, 0.25) is 0 Å². The van der Waals surface area contributed by atoms with Gasteiger partial charge in [0.1, 0.15) is 8.68 Å². The van der Waals surface area contributed by atoms with Crippen LogP contribution in [0.4, 0.5) is 5.88 Å². The number of thiophene rings is 1. The van der Waals surface area contributed by atoms with Crippen LogP contribution in [0.1, 0.15) is 27.9 Å². The number of hydrogen-bond donors (Lipinski definition) is 1. The summed E-state index contributed by atoms with van der Waals surface area (Å²) in [5, 5.41) is 5.76. The second-order valence-electron chi connectivity index (χ2n) is 7.79. The molecule has 0 atom stereocenters. The fourth-order valence-electron chi connectivity index (χ4n) is 3.40. The van der Waals surface area contributed by atoms with Crippen molar-refractivity contribution in [1.29, 1.82) is 0 Å². The molecule has 0 bridgehead atoms. The highest BCUT2D eigenvalue weighted by molar-refractivity contribution is 9.10. The maximum Gasteiger partial charge on any atom is 0.274 e. The van der Waals surface area contributed by atoms with Gasteiger partial charge in [0.25, 0.3) is 15.9 Å². The molecule has 5 nitrogen and oxygen atoms in total. The lowest BCUT2D eigenvalue weighted by molar-refractivity contribution is 0.430. The molecule has 2 aromatic carbocycles. The lowest BCUT2D eigenvalue weighted by Crippen LogP contribution is -2.12. The highest BCUT2D eigenvalue weighted by atomic mass is 79.9. The zero-order chi connectivity index (χ0) is 22.9. The van der Waals surface area contributed by atoms with E-state index in [0.29, 0.717) is 10.2 Å². The third kappa shape index (κ3) is 4.82. The summed E-state index contributed by atoms with van der Waals surface area (Å²) in [5.74, 6) is 0.0759. The molecule has 4 rings (SSSR count). The van der Waals surface area contributed by atoms with E-state index in [2.05, 4.69) is 57.0 Å². The molecule has 2 heterocycles. The van der Waals surface area contributed by atoms with Crippen molar-refractivity contribution in [2.24, 2.45) is 0 Å². The van der Waals surface area contributed by atoms with Crippen LogP contribution in [0.2, 0.25) is 0 Å². The smallest absolute Gasteiger partial charge is 0.274 e. The van der Waals surface area contributed by atoms with Crippen LogP contribution in [0.15, 0.2) is 67.1 Å². The van der Waals surface area contributed by atoms with E-state index < -0.39 is 10.0 Å². The van der Waals surface area contributed by atoms with Crippen molar-refractivity contribution >= 4 is 43.2 Å². The zero-order valence-electron chi connectivity index (χ0n) is 18.0. The SMILES string of the molecule is Cc1ccc(CCc2csc(S(=O)(=O)Nc3onc(C)c3Br)c2-c2ccc(C)cc2)cc1. The van der Waals surface area contributed by atoms with E-state index in [-0.39, 0.29) is 10.1 Å². The molecule has 0 radical (unpaired) electrons. The van der Waals surface area contributed by atoms with E-state index in [4.69, 9.17) is 4.52 Å². The van der Waals surface area contributed by atoms with Gasteiger partial charge in [-0.05, 0) is 71.6 Å². The summed E-state index contributed by atoms with van der Waals surface area (Å²) in [5.41, 5.74) is 6.76. The van der Waals surface area contributed by atoms with Gasteiger partial charge in [-0.15, -0.1) is 11.3 Å². The van der Waals surface area contributed by atoms with Crippen molar-refractivity contribution in [2.75, 3.05) is 4.72 Å². The Hall–Kier alpha value is -2.42. The minimum Gasteiger partial charge on any atom is -0.336 e. The summed E-state index contributed by atoms with van der Waals surface area (Å²) in [6.45, 7) is 5.81. The first-order chi connectivity index (χ1) is 15.2. The fraction of sp³-hybridized carbons (Fsp3) is 0.208. The number of hydrogen-bond acceptors (Lipinski definition) is 5. The van der Waals surface area contributed by atoms with Crippen LogP contribution in [-0.2, 0) is 22.9 Å². The predicted octanol–water partition coefficient (Wildman–Crippen LogP) is 6.68. The number of benzene rings is 2. The molecule has 0 saturated heterocycles. The maximum atomic E-state index is 13.3. The molecule has 32 heavy (non-hydrogen) atoms. The molecular formula is C24H23BrN2O3S2. The molecule has 166 valence electrons. The molecule has 0 fully saturated rings. The average molecular weight is 531 g/mol. The summed E-state index contributed by atoms with van der Waals surface area (Å²) in [7, 11) is -3.87. The van der Waals surface area contributed by atoms with Crippen molar-refractivity contribution in [3.8, 4) is 11.1 Å². The van der Waals surface area contributed by atoms with E-state index in [1.54, 1.807) is 6.92 Å². The van der Waals surface area contributed by atoms with E-state index in [1.807, 2.05) is 36.6 Å². The van der Waals surface area contributed by atoms with E-state index >= 15 is 0 Å². The molecular weight excluding hydrogens is 508 g/mol. The Morgan fingerprint density at radius 1 is 0.969 bits per heavy atom. The first-order valence-corrected chi connectivity index (χ1v) is 13.3. The number of aryl methyl sites for hydroxylation is 5. The minimum absolute atomic E-state index is 0.0759. The summed E-state index contributed by atoms with van der Waals surface area (Å²) in [6, 6.07) is 16.4. The average Bonchev–Trinajstić information content (AvgIpc) is 3.33. The van der Waals surface area contributed by atoms with Crippen molar-refractivity contribution in [1.82, 2.24) is 5.16 Å². The Labute approximate surface area is 200 Å². The minimum atomic E-state index is -3.87. The van der Waals surface area contributed by atoms with Crippen LogP contribution in [0.3, 0.4) is 0 Å². The summed E-state index contributed by atoms with van der Waals surface area (Å²) >= 11 is 4.55. The van der Waals surface area contributed by atoms with Gasteiger partial charge in [0, 0.05) is 5.56 Å². The van der Waals surface area contributed by atoms with Crippen molar-refractivity contribution in [3.05, 3.63) is 86.3 Å². The highest BCUT2D eigenvalue weighted by Gasteiger charge is 2.27. The third-order valence-electron chi connectivity index (χ3n) is 5.24. The van der Waals surface area contributed by atoms with Crippen LogP contribution in [-0.4, -0.2) is 13.6 Å². The Bertz CT molecular complexity index is 1340. The molecule has 1 N–H and O–H groups in total. The van der Waals surface area contributed by atoms with Gasteiger partial charge in [-0.3, -0.25) is 0 Å². The highest BCUT2D eigenvalue weighted by Crippen LogP contribution is 2.39. The normalized spacial score (nSPS) is 11.6. The molecule has 0 aliphatic carbocycles. The predicted molar refractivity (Wildman–Crippen MR) is 133 cm³/mol. The molecule has 0 saturated carbocycles. The number of rotatable bonds is 7. The van der Waals surface area contributed by atoms with Gasteiger partial charge >= 0.3 is 0 Å². The second-order valence-corrected chi connectivity index (χ2v) is 11.3. The Morgan fingerprint density at radius 2 is 1.59 bits per heavy atom. The summed E-state index contributed by atoms with van der Waals surface area (Å²) in [6.07, 6.45) is 1.57. The second kappa shape index (κ2) is 9.21. The van der Waals surface area contributed by atoms with Gasteiger partial charge < -0.3 is 4.52 Å². The maximum absolute atomic E-state index is 13.3.